The van der Waals surface area contributed by atoms with Crippen molar-refractivity contribution in [3.05, 3.63) is 11.0 Å². The number of aliphatic carboxylic acids is 1. The van der Waals surface area contributed by atoms with Crippen molar-refractivity contribution in [1.29, 1.82) is 0 Å². The fraction of sp³-hybridized carbons (Fsp3) is 0.786. The summed E-state index contributed by atoms with van der Waals surface area (Å²) >= 11 is 1.67. The highest BCUT2D eigenvalue weighted by Crippen LogP contribution is 2.64. The van der Waals surface area contributed by atoms with E-state index in [-0.39, 0.29) is 5.41 Å². The highest BCUT2D eigenvalue weighted by molar-refractivity contribution is 8.02. The van der Waals surface area contributed by atoms with Gasteiger partial charge in [0.15, 0.2) is 0 Å². The van der Waals surface area contributed by atoms with Crippen LogP contribution in [0.15, 0.2) is 11.0 Å². The Morgan fingerprint density at radius 2 is 1.65 bits per heavy atom. The van der Waals surface area contributed by atoms with Gasteiger partial charge < -0.3 is 5.11 Å². The van der Waals surface area contributed by atoms with Crippen molar-refractivity contribution in [3.63, 3.8) is 0 Å². The Balaban J connectivity index is 1.92. The summed E-state index contributed by atoms with van der Waals surface area (Å²) in [5, 5.41) is 9.03. The highest BCUT2D eigenvalue weighted by Gasteiger charge is 2.52. The number of hydrogen-bond acceptors (Lipinski definition) is 2. The summed E-state index contributed by atoms with van der Waals surface area (Å²) < 4.78 is 0. The Hall–Kier alpha value is -0.440. The molecule has 4 rings (SSSR count). The van der Waals surface area contributed by atoms with E-state index >= 15 is 0 Å². The maximum atomic E-state index is 11.0. The summed E-state index contributed by atoms with van der Waals surface area (Å²) in [6, 6.07) is 0. The van der Waals surface area contributed by atoms with Crippen molar-refractivity contribution < 1.29 is 9.90 Å². The van der Waals surface area contributed by atoms with Gasteiger partial charge in [-0.05, 0) is 67.4 Å². The van der Waals surface area contributed by atoms with Gasteiger partial charge in [0, 0.05) is 11.5 Å². The van der Waals surface area contributed by atoms with Crippen LogP contribution in [0.2, 0.25) is 0 Å². The summed E-state index contributed by atoms with van der Waals surface area (Å²) in [6.45, 7) is 0. The smallest absolute Gasteiger partial charge is 0.329 e. The minimum atomic E-state index is -0.773. The quantitative estimate of drug-likeness (QED) is 0.781. The van der Waals surface area contributed by atoms with Crippen LogP contribution < -0.4 is 0 Å². The monoisotopic (exact) mass is 252 g/mol. The van der Waals surface area contributed by atoms with Gasteiger partial charge in [-0.15, -0.1) is 11.8 Å². The zero-order chi connectivity index (χ0) is 12.0. The molecule has 0 amide bonds. The molecule has 0 aromatic heterocycles. The molecular weight excluding hydrogens is 232 g/mol. The molecule has 0 aromatic rings. The topological polar surface area (TPSA) is 37.3 Å². The molecule has 4 bridgehead atoms. The zero-order valence-electron chi connectivity index (χ0n) is 10.3. The first kappa shape index (κ1) is 11.6. The standard InChI is InChI=1S/C14H20O2S/c1-17-12(5-13(15)16)14-6-9-2-10(7-14)4-11(3-9)8-14/h5,9-11H,2-4,6-8H2,1H3,(H,15,16)/b12-5+. The van der Waals surface area contributed by atoms with Gasteiger partial charge in [-0.25, -0.2) is 4.79 Å². The summed E-state index contributed by atoms with van der Waals surface area (Å²) in [6.07, 6.45) is 11.5. The van der Waals surface area contributed by atoms with Crippen molar-refractivity contribution in [2.24, 2.45) is 23.2 Å². The predicted octanol–water partition coefficient (Wildman–Crippen LogP) is 3.53. The Kier molecular flexibility index (Phi) is 2.77. The van der Waals surface area contributed by atoms with Crippen LogP contribution in [0.25, 0.3) is 0 Å². The Labute approximate surface area is 107 Å². The molecule has 4 saturated carbocycles. The van der Waals surface area contributed by atoms with E-state index in [4.69, 9.17) is 5.11 Å². The molecule has 4 aliphatic carbocycles. The van der Waals surface area contributed by atoms with Gasteiger partial charge in [-0.2, -0.15) is 0 Å². The number of carboxylic acid groups (broad SMARTS) is 1. The molecule has 2 nitrogen and oxygen atoms in total. The van der Waals surface area contributed by atoms with Crippen LogP contribution in [0.4, 0.5) is 0 Å². The Morgan fingerprint density at radius 1 is 1.18 bits per heavy atom. The van der Waals surface area contributed by atoms with E-state index in [1.54, 1.807) is 11.8 Å². The van der Waals surface area contributed by atoms with Crippen LogP contribution in [0.5, 0.6) is 0 Å². The minimum absolute atomic E-state index is 0.243. The molecule has 0 radical (unpaired) electrons. The van der Waals surface area contributed by atoms with Crippen LogP contribution in [-0.4, -0.2) is 17.3 Å². The lowest BCUT2D eigenvalue weighted by Gasteiger charge is -2.57. The molecule has 0 aromatic carbocycles. The average molecular weight is 252 g/mol. The molecule has 17 heavy (non-hydrogen) atoms. The van der Waals surface area contributed by atoms with E-state index in [0.717, 1.165) is 22.7 Å². The Morgan fingerprint density at radius 3 is 2.00 bits per heavy atom. The molecule has 4 aliphatic rings. The molecular formula is C14H20O2S. The number of rotatable bonds is 3. The van der Waals surface area contributed by atoms with Crippen LogP contribution in [-0.2, 0) is 4.79 Å². The average Bonchev–Trinajstić information content (AvgIpc) is 2.23. The number of thioether (sulfide) groups is 1. The number of hydrogen-bond donors (Lipinski definition) is 1. The van der Waals surface area contributed by atoms with Gasteiger partial charge in [-0.1, -0.05) is 0 Å². The number of carboxylic acids is 1. The first-order chi connectivity index (χ1) is 8.11. The van der Waals surface area contributed by atoms with Gasteiger partial charge in [0.1, 0.15) is 0 Å². The van der Waals surface area contributed by atoms with E-state index in [0.29, 0.717) is 0 Å². The van der Waals surface area contributed by atoms with Crippen molar-refractivity contribution >= 4 is 17.7 Å². The molecule has 94 valence electrons. The van der Waals surface area contributed by atoms with Crippen molar-refractivity contribution in [2.75, 3.05) is 6.26 Å². The second-order valence-electron chi connectivity index (χ2n) is 6.25. The maximum Gasteiger partial charge on any atom is 0.329 e. The number of allylic oxidation sites excluding steroid dienone is 1. The van der Waals surface area contributed by atoms with Gasteiger partial charge in [-0.3, -0.25) is 0 Å². The third-order valence-corrected chi connectivity index (χ3v) is 6.03. The first-order valence-corrected chi connectivity index (χ1v) is 7.83. The third-order valence-electron chi connectivity index (χ3n) is 5.04. The molecule has 0 atom stereocenters. The van der Waals surface area contributed by atoms with Crippen molar-refractivity contribution in [3.8, 4) is 0 Å². The molecule has 0 aliphatic heterocycles. The maximum absolute atomic E-state index is 11.0. The van der Waals surface area contributed by atoms with Gasteiger partial charge in [0.2, 0.25) is 0 Å². The fourth-order valence-corrected chi connectivity index (χ4v) is 5.85. The highest BCUT2D eigenvalue weighted by atomic mass is 32.2. The summed E-state index contributed by atoms with van der Waals surface area (Å²) in [7, 11) is 0. The largest absolute Gasteiger partial charge is 0.478 e. The lowest BCUT2D eigenvalue weighted by Crippen LogP contribution is -2.46. The fourth-order valence-electron chi connectivity index (χ4n) is 4.95. The first-order valence-electron chi connectivity index (χ1n) is 6.60. The summed E-state index contributed by atoms with van der Waals surface area (Å²) in [4.78, 5) is 12.1. The zero-order valence-corrected chi connectivity index (χ0v) is 11.1. The van der Waals surface area contributed by atoms with Crippen LogP contribution in [0.3, 0.4) is 0 Å². The molecule has 0 heterocycles. The van der Waals surface area contributed by atoms with Crippen LogP contribution in [0, 0.1) is 23.2 Å². The molecule has 0 saturated heterocycles. The van der Waals surface area contributed by atoms with Crippen molar-refractivity contribution in [1.82, 2.24) is 0 Å². The van der Waals surface area contributed by atoms with Gasteiger partial charge in [0.05, 0.1) is 0 Å². The SMILES string of the molecule is CS/C(=C/C(=O)O)C12CC3CC(CC(C3)C1)C2. The van der Waals surface area contributed by atoms with E-state index in [1.165, 1.54) is 44.6 Å². The normalized spacial score (nSPS) is 44.1. The third kappa shape index (κ3) is 1.92. The summed E-state index contributed by atoms with van der Waals surface area (Å²) in [5.74, 6) is 1.87. The summed E-state index contributed by atoms with van der Waals surface area (Å²) in [5.41, 5.74) is 0.243. The minimum Gasteiger partial charge on any atom is -0.478 e. The molecule has 3 heteroatoms. The molecule has 1 N–H and O–H groups in total. The van der Waals surface area contributed by atoms with E-state index < -0.39 is 5.97 Å². The lowest BCUT2D eigenvalue weighted by molar-refractivity contribution is -0.131. The van der Waals surface area contributed by atoms with Gasteiger partial charge >= 0.3 is 5.97 Å². The number of carbonyl (C=O) groups is 1. The molecule has 0 unspecified atom stereocenters. The second-order valence-corrected chi connectivity index (χ2v) is 7.10. The van der Waals surface area contributed by atoms with E-state index in [2.05, 4.69) is 0 Å². The van der Waals surface area contributed by atoms with Crippen LogP contribution in [0.1, 0.15) is 38.5 Å². The molecule has 4 fully saturated rings. The second kappa shape index (κ2) is 4.04. The predicted molar refractivity (Wildman–Crippen MR) is 69.8 cm³/mol. The van der Waals surface area contributed by atoms with Gasteiger partial charge in [0.25, 0.3) is 0 Å². The molecule has 0 spiro atoms. The van der Waals surface area contributed by atoms with Crippen LogP contribution >= 0.6 is 11.8 Å². The van der Waals surface area contributed by atoms with E-state index in [9.17, 15) is 4.79 Å². The van der Waals surface area contributed by atoms with E-state index in [1.807, 2.05) is 6.26 Å². The van der Waals surface area contributed by atoms with Crippen molar-refractivity contribution in [2.45, 2.75) is 38.5 Å². The Bertz CT molecular complexity index is 337. The lowest BCUT2D eigenvalue weighted by atomic mass is 9.49.